The number of anilines is 1. The number of rotatable bonds is 6. The monoisotopic (exact) mass is 374 g/mol. The van der Waals surface area contributed by atoms with Gasteiger partial charge in [-0.25, -0.2) is 4.79 Å². The van der Waals surface area contributed by atoms with Crippen LogP contribution in [0.2, 0.25) is 5.02 Å². The molecule has 0 spiro atoms. The number of ketones is 1. The van der Waals surface area contributed by atoms with Gasteiger partial charge >= 0.3 is 5.97 Å². The average molecular weight is 375 g/mol. The number of benzene rings is 2. The number of hydrogen-bond acceptors (Lipinski definition) is 5. The van der Waals surface area contributed by atoms with Gasteiger partial charge in [0.2, 0.25) is 0 Å². The number of nitrogens with one attached hydrogen (secondary N) is 1. The molecule has 1 amide bonds. The zero-order valence-electron chi connectivity index (χ0n) is 14.4. The second kappa shape index (κ2) is 8.60. The van der Waals surface area contributed by atoms with Gasteiger partial charge in [0, 0.05) is 12.1 Å². The fraction of sp³-hybridized carbons (Fsp3) is 0.211. The van der Waals surface area contributed by atoms with Crippen molar-refractivity contribution in [2.45, 2.75) is 19.4 Å². The van der Waals surface area contributed by atoms with Crippen LogP contribution in [-0.4, -0.2) is 30.8 Å². The van der Waals surface area contributed by atoms with Gasteiger partial charge in [-0.1, -0.05) is 29.8 Å². The smallest absolute Gasteiger partial charge is 0.337 e. The van der Waals surface area contributed by atoms with Crippen LogP contribution in [0.15, 0.2) is 42.5 Å². The predicted octanol–water partition coefficient (Wildman–Crippen LogP) is 2.84. The minimum Gasteiger partial charge on any atom is -0.465 e. The number of Topliss-reactive ketones (excluding diaryl/α,β-unsaturated/α-hetero) is 1. The summed E-state index contributed by atoms with van der Waals surface area (Å²) in [5, 5.41) is 2.91. The van der Waals surface area contributed by atoms with E-state index in [1.807, 2.05) is 0 Å². The number of halogens is 1. The first kappa shape index (κ1) is 19.6. The standard InChI is InChI=1S/C19H19ClN2O4/c1-11(21)16(23)10-12-5-4-8-15(20)17(12)18(24)22-14-7-3-6-13(9-14)19(25)26-2/h3-9,11H,10,21H2,1-2H3,(H,22,24)/t11-/m0/s1. The van der Waals surface area contributed by atoms with E-state index < -0.39 is 17.9 Å². The largest absolute Gasteiger partial charge is 0.465 e. The quantitative estimate of drug-likeness (QED) is 0.757. The van der Waals surface area contributed by atoms with Crippen LogP contribution < -0.4 is 11.1 Å². The highest BCUT2D eigenvalue weighted by Gasteiger charge is 2.19. The van der Waals surface area contributed by atoms with Gasteiger partial charge < -0.3 is 15.8 Å². The maximum atomic E-state index is 12.7. The molecule has 0 saturated carbocycles. The Labute approximate surface area is 156 Å². The summed E-state index contributed by atoms with van der Waals surface area (Å²) in [6, 6.07) is 10.6. The van der Waals surface area contributed by atoms with E-state index in [2.05, 4.69) is 10.1 Å². The number of carbonyl (C=O) groups is 3. The minimum absolute atomic E-state index is 0.00316. The summed E-state index contributed by atoms with van der Waals surface area (Å²) >= 11 is 6.18. The van der Waals surface area contributed by atoms with Gasteiger partial charge in [0.25, 0.3) is 5.91 Å². The zero-order chi connectivity index (χ0) is 19.3. The SMILES string of the molecule is COC(=O)c1cccc(NC(=O)c2c(Cl)cccc2CC(=O)[C@H](C)N)c1. The van der Waals surface area contributed by atoms with E-state index in [1.54, 1.807) is 43.3 Å². The summed E-state index contributed by atoms with van der Waals surface area (Å²) in [7, 11) is 1.28. The molecule has 26 heavy (non-hydrogen) atoms. The summed E-state index contributed by atoms with van der Waals surface area (Å²) in [5.41, 5.74) is 7.00. The molecule has 0 bridgehead atoms. The normalized spacial score (nSPS) is 11.5. The number of carbonyl (C=O) groups excluding carboxylic acids is 3. The van der Waals surface area contributed by atoms with Crippen molar-refractivity contribution in [3.63, 3.8) is 0 Å². The molecule has 0 aliphatic carbocycles. The Bertz CT molecular complexity index is 849. The van der Waals surface area contributed by atoms with Crippen LogP contribution in [0.25, 0.3) is 0 Å². The Kier molecular flexibility index (Phi) is 6.49. The maximum absolute atomic E-state index is 12.7. The van der Waals surface area contributed by atoms with Crippen molar-refractivity contribution < 1.29 is 19.1 Å². The van der Waals surface area contributed by atoms with E-state index in [0.29, 0.717) is 16.8 Å². The molecule has 0 unspecified atom stereocenters. The Morgan fingerprint density at radius 3 is 2.54 bits per heavy atom. The highest BCUT2D eigenvalue weighted by atomic mass is 35.5. The number of methoxy groups -OCH3 is 1. The van der Waals surface area contributed by atoms with Crippen molar-refractivity contribution in [2.75, 3.05) is 12.4 Å². The van der Waals surface area contributed by atoms with E-state index in [-0.39, 0.29) is 22.8 Å². The van der Waals surface area contributed by atoms with Crippen molar-refractivity contribution in [3.8, 4) is 0 Å². The van der Waals surface area contributed by atoms with Gasteiger partial charge in [0.05, 0.1) is 29.3 Å². The topological polar surface area (TPSA) is 98.5 Å². The number of ether oxygens (including phenoxy) is 1. The molecule has 0 radical (unpaired) electrons. The van der Waals surface area contributed by atoms with Gasteiger partial charge in [0.1, 0.15) is 0 Å². The van der Waals surface area contributed by atoms with E-state index in [1.165, 1.54) is 13.2 Å². The third kappa shape index (κ3) is 4.68. The van der Waals surface area contributed by atoms with Crippen LogP contribution in [0.3, 0.4) is 0 Å². The first-order chi connectivity index (χ1) is 12.3. The maximum Gasteiger partial charge on any atom is 0.337 e. The minimum atomic E-state index is -0.637. The molecule has 0 fully saturated rings. The molecule has 0 saturated heterocycles. The van der Waals surface area contributed by atoms with Crippen LogP contribution >= 0.6 is 11.6 Å². The first-order valence-corrected chi connectivity index (χ1v) is 8.26. The summed E-state index contributed by atoms with van der Waals surface area (Å²) in [5.74, 6) is -1.19. The molecule has 7 heteroatoms. The summed E-state index contributed by atoms with van der Waals surface area (Å²) in [6.45, 7) is 1.59. The number of hydrogen-bond donors (Lipinski definition) is 2. The van der Waals surface area contributed by atoms with Crippen LogP contribution in [0.1, 0.15) is 33.2 Å². The molecule has 2 rings (SSSR count). The fourth-order valence-electron chi connectivity index (χ4n) is 2.35. The lowest BCUT2D eigenvalue weighted by atomic mass is 9.99. The molecular formula is C19H19ClN2O4. The third-order valence-electron chi connectivity index (χ3n) is 3.74. The van der Waals surface area contributed by atoms with Gasteiger partial charge in [-0.3, -0.25) is 9.59 Å². The Morgan fingerprint density at radius 2 is 1.88 bits per heavy atom. The molecular weight excluding hydrogens is 356 g/mol. The fourth-order valence-corrected chi connectivity index (χ4v) is 2.63. The number of esters is 1. The molecule has 0 heterocycles. The average Bonchev–Trinajstić information content (AvgIpc) is 2.61. The van der Waals surface area contributed by atoms with Crippen molar-refractivity contribution >= 4 is 34.9 Å². The molecule has 6 nitrogen and oxygen atoms in total. The lowest BCUT2D eigenvalue weighted by Crippen LogP contribution is -2.29. The number of amides is 1. The van der Waals surface area contributed by atoms with Gasteiger partial charge in [-0.15, -0.1) is 0 Å². The van der Waals surface area contributed by atoms with E-state index in [0.717, 1.165) is 0 Å². The zero-order valence-corrected chi connectivity index (χ0v) is 15.2. The van der Waals surface area contributed by atoms with E-state index >= 15 is 0 Å². The molecule has 0 aliphatic rings. The third-order valence-corrected chi connectivity index (χ3v) is 4.06. The van der Waals surface area contributed by atoms with Crippen molar-refractivity contribution in [3.05, 3.63) is 64.2 Å². The van der Waals surface area contributed by atoms with Gasteiger partial charge in [-0.2, -0.15) is 0 Å². The molecule has 2 aromatic carbocycles. The number of nitrogens with two attached hydrogens (primary N) is 1. The highest BCUT2D eigenvalue weighted by molar-refractivity contribution is 6.34. The Hall–Kier alpha value is -2.70. The van der Waals surface area contributed by atoms with Crippen LogP contribution in [-0.2, 0) is 16.0 Å². The lowest BCUT2D eigenvalue weighted by molar-refractivity contribution is -0.119. The summed E-state index contributed by atoms with van der Waals surface area (Å²) < 4.78 is 4.66. The summed E-state index contributed by atoms with van der Waals surface area (Å²) in [6.07, 6.45) is 0.00316. The van der Waals surface area contributed by atoms with Crippen LogP contribution in [0, 0.1) is 0 Å². The highest BCUT2D eigenvalue weighted by Crippen LogP contribution is 2.23. The Morgan fingerprint density at radius 1 is 1.19 bits per heavy atom. The van der Waals surface area contributed by atoms with Crippen LogP contribution in [0.5, 0.6) is 0 Å². The molecule has 0 aromatic heterocycles. The molecule has 2 aromatic rings. The first-order valence-electron chi connectivity index (χ1n) is 7.89. The van der Waals surface area contributed by atoms with Crippen LogP contribution in [0.4, 0.5) is 5.69 Å². The van der Waals surface area contributed by atoms with Crippen molar-refractivity contribution in [2.24, 2.45) is 5.73 Å². The molecule has 3 N–H and O–H groups in total. The second-order valence-electron chi connectivity index (χ2n) is 5.73. The summed E-state index contributed by atoms with van der Waals surface area (Å²) in [4.78, 5) is 36.3. The van der Waals surface area contributed by atoms with Gasteiger partial charge in [0.15, 0.2) is 5.78 Å². The second-order valence-corrected chi connectivity index (χ2v) is 6.14. The van der Waals surface area contributed by atoms with Crippen molar-refractivity contribution in [1.29, 1.82) is 0 Å². The van der Waals surface area contributed by atoms with Crippen molar-refractivity contribution in [1.82, 2.24) is 0 Å². The molecule has 0 aliphatic heterocycles. The Balaban J connectivity index is 2.30. The molecule has 1 atom stereocenters. The predicted molar refractivity (Wildman–Crippen MR) is 99.5 cm³/mol. The van der Waals surface area contributed by atoms with Gasteiger partial charge in [-0.05, 0) is 36.8 Å². The van der Waals surface area contributed by atoms with E-state index in [4.69, 9.17) is 17.3 Å². The molecule has 136 valence electrons. The lowest BCUT2D eigenvalue weighted by Gasteiger charge is -2.13. The van der Waals surface area contributed by atoms with E-state index in [9.17, 15) is 14.4 Å².